The van der Waals surface area contributed by atoms with Crippen molar-refractivity contribution in [2.75, 3.05) is 13.1 Å². The third-order valence-corrected chi connectivity index (χ3v) is 3.45. The molecule has 1 aromatic carbocycles. The Balaban J connectivity index is 2.10. The number of halogens is 2. The highest BCUT2D eigenvalue weighted by Gasteiger charge is 2.26. The third-order valence-electron chi connectivity index (χ3n) is 3.45. The quantitative estimate of drug-likeness (QED) is 0.609. The Kier molecular flexibility index (Phi) is 3.93. The topological polar surface area (TPSA) is 37.4 Å². The molecule has 0 spiro atoms. The van der Waals surface area contributed by atoms with Crippen molar-refractivity contribution in [1.82, 2.24) is 4.90 Å². The lowest BCUT2D eigenvalue weighted by atomic mass is 9.98. The summed E-state index contributed by atoms with van der Waals surface area (Å²) in [6, 6.07) is 2.75. The highest BCUT2D eigenvalue weighted by atomic mass is 19.2. The molecule has 1 aliphatic heterocycles. The van der Waals surface area contributed by atoms with Crippen LogP contribution in [-0.2, 0) is 4.79 Å². The molecule has 0 atom stereocenters. The minimum Gasteiger partial charge on any atom is -0.336 e. The van der Waals surface area contributed by atoms with Crippen molar-refractivity contribution in [3.8, 4) is 0 Å². The summed E-state index contributed by atoms with van der Waals surface area (Å²) in [5.41, 5.74) is -0.109. The van der Waals surface area contributed by atoms with Gasteiger partial charge in [-0.1, -0.05) is 6.92 Å². The van der Waals surface area contributed by atoms with E-state index in [9.17, 15) is 18.4 Å². The Hall–Kier alpha value is -1.78. The molecule has 1 saturated heterocycles. The normalized spacial score (nSPS) is 16.5. The van der Waals surface area contributed by atoms with Crippen LogP contribution in [0, 0.1) is 17.6 Å². The Morgan fingerprint density at radius 2 is 1.79 bits per heavy atom. The smallest absolute Gasteiger partial charge is 0.294 e. The largest absolute Gasteiger partial charge is 0.336 e. The maximum absolute atomic E-state index is 13.0. The van der Waals surface area contributed by atoms with Crippen LogP contribution in [0.4, 0.5) is 8.78 Å². The third kappa shape index (κ3) is 2.97. The van der Waals surface area contributed by atoms with Gasteiger partial charge in [0.1, 0.15) is 0 Å². The monoisotopic (exact) mass is 267 g/mol. The van der Waals surface area contributed by atoms with E-state index >= 15 is 0 Å². The molecule has 0 N–H and O–H groups in total. The first-order valence-electron chi connectivity index (χ1n) is 6.27. The van der Waals surface area contributed by atoms with Crippen LogP contribution in [-0.4, -0.2) is 29.7 Å². The fourth-order valence-corrected chi connectivity index (χ4v) is 2.12. The Morgan fingerprint density at radius 3 is 2.37 bits per heavy atom. The molecular formula is C14H15F2NO2. The summed E-state index contributed by atoms with van der Waals surface area (Å²) in [4.78, 5) is 25.3. The lowest BCUT2D eigenvalue weighted by Gasteiger charge is -2.29. The van der Waals surface area contributed by atoms with Gasteiger partial charge in [0.05, 0.1) is 0 Å². The second kappa shape index (κ2) is 5.47. The zero-order chi connectivity index (χ0) is 14.0. The van der Waals surface area contributed by atoms with Gasteiger partial charge in [-0.05, 0) is 37.0 Å². The van der Waals surface area contributed by atoms with Gasteiger partial charge in [-0.15, -0.1) is 0 Å². The van der Waals surface area contributed by atoms with Crippen LogP contribution >= 0.6 is 0 Å². The number of Topliss-reactive ketones (excluding diaryl/α,β-unsaturated/α-hetero) is 1. The standard InChI is InChI=1S/C14H15F2NO2/c1-9-4-6-17(7-5-9)14(19)13(18)10-2-3-11(15)12(16)8-10/h2-3,8-9H,4-7H2,1H3. The van der Waals surface area contributed by atoms with Crippen molar-refractivity contribution in [3.05, 3.63) is 35.4 Å². The van der Waals surface area contributed by atoms with E-state index in [-0.39, 0.29) is 5.56 Å². The van der Waals surface area contributed by atoms with Crippen LogP contribution in [0.15, 0.2) is 18.2 Å². The molecule has 102 valence electrons. The van der Waals surface area contributed by atoms with Crippen molar-refractivity contribution in [1.29, 1.82) is 0 Å². The zero-order valence-corrected chi connectivity index (χ0v) is 10.7. The highest BCUT2D eigenvalue weighted by molar-refractivity contribution is 6.42. The average Bonchev–Trinajstić information content (AvgIpc) is 2.41. The summed E-state index contributed by atoms with van der Waals surface area (Å²) < 4.78 is 25.8. The molecule has 0 unspecified atom stereocenters. The zero-order valence-electron chi connectivity index (χ0n) is 10.7. The van der Waals surface area contributed by atoms with Gasteiger partial charge >= 0.3 is 0 Å². The SMILES string of the molecule is CC1CCN(C(=O)C(=O)c2ccc(F)c(F)c2)CC1. The van der Waals surface area contributed by atoms with Gasteiger partial charge in [0, 0.05) is 18.7 Å². The van der Waals surface area contributed by atoms with Crippen LogP contribution in [0.3, 0.4) is 0 Å². The minimum atomic E-state index is -1.12. The van der Waals surface area contributed by atoms with Crippen LogP contribution in [0.25, 0.3) is 0 Å². The number of piperidine rings is 1. The number of carbonyl (C=O) groups excluding carboxylic acids is 2. The second-order valence-electron chi connectivity index (χ2n) is 4.93. The predicted molar refractivity (Wildman–Crippen MR) is 65.7 cm³/mol. The molecular weight excluding hydrogens is 252 g/mol. The van der Waals surface area contributed by atoms with Crippen LogP contribution < -0.4 is 0 Å². The molecule has 1 fully saturated rings. The van der Waals surface area contributed by atoms with Crippen LogP contribution in [0.2, 0.25) is 0 Å². The molecule has 0 aliphatic carbocycles. The second-order valence-corrected chi connectivity index (χ2v) is 4.93. The molecule has 1 heterocycles. The summed E-state index contributed by atoms with van der Waals surface area (Å²) in [7, 11) is 0. The summed E-state index contributed by atoms with van der Waals surface area (Å²) >= 11 is 0. The molecule has 0 bridgehead atoms. The number of carbonyl (C=O) groups is 2. The predicted octanol–water partition coefficient (Wildman–Crippen LogP) is 2.41. The molecule has 0 radical (unpaired) electrons. The summed E-state index contributed by atoms with van der Waals surface area (Å²) in [6.45, 7) is 3.17. The van der Waals surface area contributed by atoms with Crippen molar-refractivity contribution in [2.45, 2.75) is 19.8 Å². The number of nitrogens with zero attached hydrogens (tertiary/aromatic N) is 1. The minimum absolute atomic E-state index is 0.109. The van der Waals surface area contributed by atoms with Gasteiger partial charge in [-0.3, -0.25) is 9.59 Å². The Labute approximate surface area is 110 Å². The molecule has 3 nitrogen and oxygen atoms in total. The lowest BCUT2D eigenvalue weighted by molar-refractivity contribution is -0.127. The number of rotatable bonds is 2. The van der Waals surface area contributed by atoms with Crippen molar-refractivity contribution in [2.24, 2.45) is 5.92 Å². The van der Waals surface area contributed by atoms with Gasteiger partial charge in [0.2, 0.25) is 5.78 Å². The number of benzene rings is 1. The van der Waals surface area contributed by atoms with E-state index in [0.29, 0.717) is 19.0 Å². The van der Waals surface area contributed by atoms with Crippen molar-refractivity contribution < 1.29 is 18.4 Å². The summed E-state index contributed by atoms with van der Waals surface area (Å²) in [6.07, 6.45) is 1.72. The van der Waals surface area contributed by atoms with Gasteiger partial charge in [-0.25, -0.2) is 8.78 Å². The molecule has 19 heavy (non-hydrogen) atoms. The van der Waals surface area contributed by atoms with E-state index < -0.39 is 23.3 Å². The van der Waals surface area contributed by atoms with E-state index in [1.165, 1.54) is 4.90 Å². The first-order valence-corrected chi connectivity index (χ1v) is 6.27. The number of likely N-dealkylation sites (tertiary alicyclic amines) is 1. The lowest BCUT2D eigenvalue weighted by Crippen LogP contribution is -2.41. The van der Waals surface area contributed by atoms with E-state index in [2.05, 4.69) is 6.92 Å². The molecule has 0 aromatic heterocycles. The van der Waals surface area contributed by atoms with Crippen molar-refractivity contribution in [3.63, 3.8) is 0 Å². The molecule has 0 saturated carbocycles. The fraction of sp³-hybridized carbons (Fsp3) is 0.429. The molecule has 1 aliphatic rings. The number of hydrogen-bond acceptors (Lipinski definition) is 2. The molecule has 2 rings (SSSR count). The number of ketones is 1. The van der Waals surface area contributed by atoms with E-state index in [0.717, 1.165) is 31.0 Å². The summed E-state index contributed by atoms with van der Waals surface area (Å²) in [5, 5.41) is 0. The Bertz CT molecular complexity index is 508. The van der Waals surface area contributed by atoms with Crippen LogP contribution in [0.5, 0.6) is 0 Å². The van der Waals surface area contributed by atoms with Gasteiger partial charge in [0.15, 0.2) is 11.6 Å². The van der Waals surface area contributed by atoms with E-state index in [1.54, 1.807) is 0 Å². The fourth-order valence-electron chi connectivity index (χ4n) is 2.12. The maximum Gasteiger partial charge on any atom is 0.294 e. The van der Waals surface area contributed by atoms with Crippen LogP contribution in [0.1, 0.15) is 30.1 Å². The Morgan fingerprint density at radius 1 is 1.16 bits per heavy atom. The molecule has 5 heteroatoms. The first kappa shape index (κ1) is 13.6. The first-order chi connectivity index (χ1) is 8.99. The molecule has 1 amide bonds. The molecule has 1 aromatic rings. The average molecular weight is 267 g/mol. The summed E-state index contributed by atoms with van der Waals surface area (Å²) in [5.74, 6) is -3.03. The highest BCUT2D eigenvalue weighted by Crippen LogP contribution is 2.17. The van der Waals surface area contributed by atoms with Gasteiger partial charge in [0.25, 0.3) is 5.91 Å². The maximum atomic E-state index is 13.0. The van der Waals surface area contributed by atoms with Gasteiger partial charge < -0.3 is 4.90 Å². The number of amides is 1. The number of hydrogen-bond donors (Lipinski definition) is 0. The van der Waals surface area contributed by atoms with Crippen molar-refractivity contribution >= 4 is 11.7 Å². The van der Waals surface area contributed by atoms with E-state index in [4.69, 9.17) is 0 Å². The van der Waals surface area contributed by atoms with Gasteiger partial charge in [-0.2, -0.15) is 0 Å². The van der Waals surface area contributed by atoms with E-state index in [1.807, 2.05) is 0 Å².